The Hall–Kier alpha value is -3.11. The summed E-state index contributed by atoms with van der Waals surface area (Å²) >= 11 is 0. The lowest BCUT2D eigenvalue weighted by Gasteiger charge is -2.36. The van der Waals surface area contributed by atoms with Gasteiger partial charge in [-0.3, -0.25) is 5.10 Å². The van der Waals surface area contributed by atoms with Crippen molar-refractivity contribution in [2.24, 2.45) is 0 Å². The maximum atomic E-state index is 14.4. The summed E-state index contributed by atoms with van der Waals surface area (Å²) in [5.41, 5.74) is 2.06. The average molecular weight is 446 g/mol. The minimum Gasteiger partial charge on any atom is -0.352 e. The number of aromatic nitrogens is 3. The van der Waals surface area contributed by atoms with Crippen molar-refractivity contribution in [1.29, 1.82) is 0 Å². The molecule has 2 heterocycles. The minimum absolute atomic E-state index is 0.0409. The van der Waals surface area contributed by atoms with Crippen molar-refractivity contribution in [3.05, 3.63) is 71.8 Å². The topological polar surface area (TPSA) is 90.6 Å². The van der Waals surface area contributed by atoms with Crippen molar-refractivity contribution >= 4 is 20.9 Å². The number of aromatic amines is 2. The molecule has 0 radical (unpaired) electrons. The number of halogens is 3. The molecule has 1 aliphatic rings. The Morgan fingerprint density at radius 2 is 1.77 bits per heavy atom. The molecule has 1 fully saturated rings. The van der Waals surface area contributed by atoms with E-state index in [1.165, 1.54) is 30.6 Å². The molecular weight excluding hydrogens is 429 g/mol. The molecule has 0 atom stereocenters. The molecule has 0 saturated heterocycles. The number of rotatable bonds is 5. The number of nitrogens with zero attached hydrogens (tertiary/aromatic N) is 1. The third kappa shape index (κ3) is 3.51. The lowest BCUT2D eigenvalue weighted by molar-refractivity contribution is 0.328. The van der Waals surface area contributed by atoms with Crippen LogP contribution in [-0.2, 0) is 10.0 Å². The Kier molecular flexibility index (Phi) is 4.63. The van der Waals surface area contributed by atoms with Crippen molar-refractivity contribution in [2.75, 3.05) is 0 Å². The van der Waals surface area contributed by atoms with Crippen LogP contribution in [-0.4, -0.2) is 29.6 Å². The summed E-state index contributed by atoms with van der Waals surface area (Å²) in [4.78, 5) is 3.06. The summed E-state index contributed by atoms with van der Waals surface area (Å²) in [6.45, 7) is 0. The summed E-state index contributed by atoms with van der Waals surface area (Å²) in [6.07, 6.45) is 3.42. The average Bonchev–Trinajstić information content (AvgIpc) is 3.34. The van der Waals surface area contributed by atoms with E-state index in [2.05, 4.69) is 19.9 Å². The first kappa shape index (κ1) is 19.8. The Labute approximate surface area is 175 Å². The number of fused-ring (bicyclic) bond motifs is 1. The second-order valence-electron chi connectivity index (χ2n) is 7.65. The maximum absolute atomic E-state index is 14.4. The monoisotopic (exact) mass is 446 g/mol. The fourth-order valence-electron chi connectivity index (χ4n) is 4.13. The molecule has 4 aromatic rings. The number of hydrogen-bond donors (Lipinski definition) is 3. The van der Waals surface area contributed by atoms with E-state index in [1.54, 1.807) is 12.1 Å². The lowest BCUT2D eigenvalue weighted by atomic mass is 9.74. The molecule has 0 spiro atoms. The van der Waals surface area contributed by atoms with Crippen molar-refractivity contribution < 1.29 is 21.6 Å². The van der Waals surface area contributed by atoms with Gasteiger partial charge in [-0.15, -0.1) is 0 Å². The smallest absolute Gasteiger partial charge is 0.243 e. The molecule has 160 valence electrons. The molecule has 3 N–H and O–H groups in total. The second kappa shape index (κ2) is 7.24. The van der Waals surface area contributed by atoms with Gasteiger partial charge in [0.15, 0.2) is 0 Å². The van der Waals surface area contributed by atoms with E-state index in [0.29, 0.717) is 35.0 Å². The van der Waals surface area contributed by atoms with E-state index in [-0.39, 0.29) is 22.4 Å². The zero-order valence-corrected chi connectivity index (χ0v) is 16.8. The predicted octanol–water partition coefficient (Wildman–Crippen LogP) is 4.20. The highest BCUT2D eigenvalue weighted by Gasteiger charge is 2.37. The highest BCUT2D eigenvalue weighted by atomic mass is 32.2. The largest absolute Gasteiger partial charge is 0.352 e. The van der Waals surface area contributed by atoms with Gasteiger partial charge in [0.25, 0.3) is 0 Å². The second-order valence-corrected chi connectivity index (χ2v) is 9.37. The number of H-pyrrole nitrogens is 2. The van der Waals surface area contributed by atoms with Crippen LogP contribution in [0, 0.1) is 17.5 Å². The van der Waals surface area contributed by atoms with Crippen LogP contribution in [0.4, 0.5) is 13.2 Å². The van der Waals surface area contributed by atoms with E-state index in [9.17, 15) is 21.6 Å². The Balaban J connectivity index is 1.49. The van der Waals surface area contributed by atoms with Gasteiger partial charge >= 0.3 is 0 Å². The molecule has 1 saturated carbocycles. The Morgan fingerprint density at radius 3 is 2.45 bits per heavy atom. The predicted molar refractivity (Wildman–Crippen MR) is 108 cm³/mol. The van der Waals surface area contributed by atoms with Gasteiger partial charge < -0.3 is 4.98 Å². The molecule has 0 unspecified atom stereocenters. The number of sulfonamides is 1. The van der Waals surface area contributed by atoms with Crippen LogP contribution in [0.2, 0.25) is 0 Å². The third-order valence-electron chi connectivity index (χ3n) is 5.65. The van der Waals surface area contributed by atoms with E-state index >= 15 is 0 Å². The van der Waals surface area contributed by atoms with E-state index < -0.39 is 27.5 Å². The van der Waals surface area contributed by atoms with Crippen LogP contribution in [0.3, 0.4) is 0 Å². The standard InChI is InChI=1S/C21H17F3N4O2S/c22-13-3-1-11(2-4-13)20-19(17-7-14(23)8-18(24)21(17)27-20)12-5-15(6-12)28-31(29,30)16-9-25-26-10-16/h1-4,7-10,12,15,27-28H,5-6H2,(H,25,26). The third-order valence-corrected chi connectivity index (χ3v) is 7.14. The van der Waals surface area contributed by atoms with Gasteiger partial charge in [-0.25, -0.2) is 26.3 Å². The molecule has 0 aliphatic heterocycles. The Morgan fingerprint density at radius 1 is 1.03 bits per heavy atom. The fourth-order valence-corrected chi connectivity index (χ4v) is 5.30. The van der Waals surface area contributed by atoms with Crippen LogP contribution < -0.4 is 4.72 Å². The van der Waals surface area contributed by atoms with Gasteiger partial charge in [-0.05, 0) is 60.2 Å². The molecule has 0 bridgehead atoms. The number of hydrogen-bond acceptors (Lipinski definition) is 3. The molecule has 5 rings (SSSR count). The molecule has 0 amide bonds. The van der Waals surface area contributed by atoms with Crippen molar-refractivity contribution in [1.82, 2.24) is 19.9 Å². The zero-order valence-electron chi connectivity index (χ0n) is 16.0. The van der Waals surface area contributed by atoms with Crippen LogP contribution in [0.1, 0.15) is 24.3 Å². The van der Waals surface area contributed by atoms with E-state index in [0.717, 1.165) is 6.07 Å². The number of nitrogens with one attached hydrogen (secondary N) is 3. The quantitative estimate of drug-likeness (QED) is 0.429. The zero-order chi connectivity index (χ0) is 21.8. The van der Waals surface area contributed by atoms with Gasteiger partial charge in [-0.1, -0.05) is 0 Å². The number of benzene rings is 2. The summed E-state index contributed by atoms with van der Waals surface area (Å²) in [6, 6.07) is 7.47. The molecule has 1 aliphatic carbocycles. The SMILES string of the molecule is O=S(=O)(NC1CC(c2c(-c3ccc(F)cc3)[nH]c3c(F)cc(F)cc23)C1)c1cn[nH]c1. The Bertz CT molecular complexity index is 1360. The first-order valence-electron chi connectivity index (χ1n) is 9.59. The van der Waals surface area contributed by atoms with Gasteiger partial charge in [0.1, 0.15) is 22.3 Å². The van der Waals surface area contributed by atoms with E-state index in [1.807, 2.05) is 0 Å². The van der Waals surface area contributed by atoms with E-state index in [4.69, 9.17) is 0 Å². The van der Waals surface area contributed by atoms with Crippen LogP contribution in [0.15, 0.2) is 53.7 Å². The lowest BCUT2D eigenvalue weighted by Crippen LogP contribution is -2.43. The molecule has 2 aromatic heterocycles. The highest BCUT2D eigenvalue weighted by Crippen LogP contribution is 2.46. The van der Waals surface area contributed by atoms with Crippen molar-refractivity contribution in [3.8, 4) is 11.3 Å². The molecule has 10 heteroatoms. The highest BCUT2D eigenvalue weighted by molar-refractivity contribution is 7.89. The van der Waals surface area contributed by atoms with Gasteiger partial charge in [0, 0.05) is 23.7 Å². The fraction of sp³-hybridized carbons (Fsp3) is 0.190. The maximum Gasteiger partial charge on any atom is 0.243 e. The summed E-state index contributed by atoms with van der Waals surface area (Å²) in [5.74, 6) is -1.96. The molecule has 2 aromatic carbocycles. The van der Waals surface area contributed by atoms with Crippen LogP contribution in [0.5, 0.6) is 0 Å². The first-order chi connectivity index (χ1) is 14.8. The molecular formula is C21H17F3N4O2S. The minimum atomic E-state index is -3.71. The van der Waals surface area contributed by atoms with Crippen LogP contribution in [0.25, 0.3) is 22.2 Å². The van der Waals surface area contributed by atoms with Crippen molar-refractivity contribution in [3.63, 3.8) is 0 Å². The molecule has 31 heavy (non-hydrogen) atoms. The van der Waals surface area contributed by atoms with Gasteiger partial charge in [-0.2, -0.15) is 5.10 Å². The van der Waals surface area contributed by atoms with Gasteiger partial charge in [0.05, 0.1) is 17.4 Å². The first-order valence-corrected chi connectivity index (χ1v) is 11.1. The summed E-state index contributed by atoms with van der Waals surface area (Å²) in [7, 11) is -3.71. The van der Waals surface area contributed by atoms with Gasteiger partial charge in [0.2, 0.25) is 10.0 Å². The molecule has 6 nitrogen and oxygen atoms in total. The summed E-state index contributed by atoms with van der Waals surface area (Å²) in [5, 5.41) is 6.52. The van der Waals surface area contributed by atoms with Crippen LogP contribution >= 0.6 is 0 Å². The summed E-state index contributed by atoms with van der Waals surface area (Å²) < 4.78 is 69.2. The van der Waals surface area contributed by atoms with Crippen molar-refractivity contribution in [2.45, 2.75) is 29.7 Å². The normalized spacial score (nSPS) is 18.9.